The van der Waals surface area contributed by atoms with Crippen LogP contribution in [0.1, 0.15) is 36.6 Å². The summed E-state index contributed by atoms with van der Waals surface area (Å²) in [7, 11) is 0. The summed E-state index contributed by atoms with van der Waals surface area (Å²) in [6.07, 6.45) is 5.21. The first-order valence-corrected chi connectivity index (χ1v) is 8.27. The summed E-state index contributed by atoms with van der Waals surface area (Å²) in [5.74, 6) is 0.664. The van der Waals surface area contributed by atoms with Gasteiger partial charge in [-0.15, -0.1) is 0 Å². The molecule has 3 aromatic rings. The summed E-state index contributed by atoms with van der Waals surface area (Å²) in [5, 5.41) is 4.90. The zero-order valence-electron chi connectivity index (χ0n) is 13.4. The molecule has 2 aromatic heterocycles. The molecule has 122 valence electrons. The number of nitrogens with zero attached hydrogens (tertiary/aromatic N) is 4. The Morgan fingerprint density at radius 3 is 2.71 bits per heavy atom. The number of hydrogen-bond donors (Lipinski definition) is 0. The molecule has 2 aliphatic rings. The smallest absolute Gasteiger partial charge is 0.263 e. The maximum absolute atomic E-state index is 13.3. The zero-order valence-corrected chi connectivity index (χ0v) is 13.4. The summed E-state index contributed by atoms with van der Waals surface area (Å²) in [6.45, 7) is 2.87. The van der Waals surface area contributed by atoms with Crippen LogP contribution in [0.4, 0.5) is 10.2 Å². The monoisotopic (exact) mass is 324 g/mol. The van der Waals surface area contributed by atoms with Crippen molar-refractivity contribution in [1.29, 1.82) is 0 Å². The minimum Gasteiger partial charge on any atom is -0.348 e. The molecule has 3 heterocycles. The number of fused-ring (bicyclic) bond motifs is 1. The van der Waals surface area contributed by atoms with E-state index in [2.05, 4.69) is 20.0 Å². The van der Waals surface area contributed by atoms with E-state index in [4.69, 9.17) is 4.52 Å². The van der Waals surface area contributed by atoms with Gasteiger partial charge in [-0.25, -0.2) is 9.37 Å². The number of anilines is 1. The van der Waals surface area contributed by atoms with E-state index >= 15 is 0 Å². The van der Waals surface area contributed by atoms with Crippen LogP contribution in [0, 0.1) is 18.2 Å². The lowest BCUT2D eigenvalue weighted by molar-refractivity contribution is 0.0279. The van der Waals surface area contributed by atoms with E-state index in [1.807, 2.05) is 19.1 Å². The molecular weight excluding hydrogens is 307 g/mol. The molecule has 0 radical (unpaired) electrons. The van der Waals surface area contributed by atoms with E-state index in [0.717, 1.165) is 29.0 Å². The van der Waals surface area contributed by atoms with Crippen LogP contribution >= 0.6 is 0 Å². The van der Waals surface area contributed by atoms with Gasteiger partial charge in [0.25, 0.3) is 5.71 Å². The third-order valence-corrected chi connectivity index (χ3v) is 5.61. The molecule has 0 amide bonds. The van der Waals surface area contributed by atoms with Gasteiger partial charge in [0.15, 0.2) is 0 Å². The van der Waals surface area contributed by atoms with Gasteiger partial charge in [0.1, 0.15) is 23.3 Å². The molecule has 2 fully saturated rings. The average Bonchev–Trinajstić information content (AvgIpc) is 2.90. The van der Waals surface area contributed by atoms with Crippen molar-refractivity contribution in [2.45, 2.75) is 32.2 Å². The Bertz CT molecular complexity index is 916. The first-order chi connectivity index (χ1) is 11.7. The molecule has 5 nitrogen and oxygen atoms in total. The third kappa shape index (κ3) is 1.76. The Morgan fingerprint density at radius 2 is 2.00 bits per heavy atom. The van der Waals surface area contributed by atoms with Gasteiger partial charge in [-0.3, -0.25) is 0 Å². The van der Waals surface area contributed by atoms with E-state index in [0.29, 0.717) is 11.1 Å². The molecule has 1 unspecified atom stereocenters. The summed E-state index contributed by atoms with van der Waals surface area (Å²) in [6, 6.07) is 7.09. The van der Waals surface area contributed by atoms with Crippen molar-refractivity contribution in [2.75, 3.05) is 11.4 Å². The highest BCUT2D eigenvalue weighted by atomic mass is 19.1. The number of aromatic nitrogens is 3. The van der Waals surface area contributed by atoms with Crippen molar-refractivity contribution >= 4 is 16.9 Å². The number of aryl methyl sites for hydroxylation is 1. The zero-order chi connectivity index (χ0) is 16.3. The molecule has 1 atom stereocenters. The van der Waals surface area contributed by atoms with Crippen LogP contribution in [0.5, 0.6) is 0 Å². The molecule has 1 saturated carbocycles. The molecular formula is C18H17FN4O. The van der Waals surface area contributed by atoms with Gasteiger partial charge >= 0.3 is 0 Å². The number of hydrogen-bond acceptors (Lipinski definition) is 5. The van der Waals surface area contributed by atoms with Gasteiger partial charge in [-0.1, -0.05) is 23.7 Å². The summed E-state index contributed by atoms with van der Waals surface area (Å²) in [4.78, 5) is 11.0. The first-order valence-electron chi connectivity index (χ1n) is 8.27. The van der Waals surface area contributed by atoms with Gasteiger partial charge in [0.2, 0.25) is 0 Å². The fourth-order valence-electron chi connectivity index (χ4n) is 4.29. The lowest BCUT2D eigenvalue weighted by atomic mass is 9.56. The van der Waals surface area contributed by atoms with Gasteiger partial charge in [-0.05, 0) is 37.5 Å². The lowest BCUT2D eigenvalue weighted by Gasteiger charge is -2.63. The summed E-state index contributed by atoms with van der Waals surface area (Å²) < 4.78 is 18.6. The minimum absolute atomic E-state index is 0.202. The quantitative estimate of drug-likeness (QED) is 0.718. The predicted molar refractivity (Wildman–Crippen MR) is 87.1 cm³/mol. The van der Waals surface area contributed by atoms with Crippen LogP contribution in [0.25, 0.3) is 11.1 Å². The van der Waals surface area contributed by atoms with Crippen molar-refractivity contribution in [3.05, 3.63) is 47.7 Å². The summed E-state index contributed by atoms with van der Waals surface area (Å²) >= 11 is 0. The largest absolute Gasteiger partial charge is 0.348 e. The maximum Gasteiger partial charge on any atom is 0.263 e. The van der Waals surface area contributed by atoms with Crippen molar-refractivity contribution < 1.29 is 8.91 Å². The number of halogens is 1. The van der Waals surface area contributed by atoms with Crippen molar-refractivity contribution in [3.63, 3.8) is 0 Å². The summed E-state index contributed by atoms with van der Waals surface area (Å²) in [5.41, 5.74) is 2.75. The van der Waals surface area contributed by atoms with Crippen LogP contribution in [-0.4, -0.2) is 21.7 Å². The second-order valence-electron chi connectivity index (χ2n) is 6.94. The van der Waals surface area contributed by atoms with E-state index in [1.165, 1.54) is 25.6 Å². The van der Waals surface area contributed by atoms with Gasteiger partial charge < -0.3 is 9.42 Å². The fourth-order valence-corrected chi connectivity index (χ4v) is 4.29. The van der Waals surface area contributed by atoms with E-state index in [1.54, 1.807) is 12.1 Å². The standard InChI is InChI=1S/C18H17FN4O/c1-11-14-16(20-10-21-17(14)24-22-11)23-9-18(7-2-8-18)15(23)12-3-5-13(19)6-4-12/h3-6,10,15H,2,7-9H2,1H3. The van der Waals surface area contributed by atoms with Crippen LogP contribution < -0.4 is 4.90 Å². The highest BCUT2D eigenvalue weighted by Crippen LogP contribution is 2.61. The molecule has 5 rings (SSSR count). The van der Waals surface area contributed by atoms with Gasteiger partial charge in [-0.2, -0.15) is 4.98 Å². The van der Waals surface area contributed by atoms with Crippen LogP contribution in [-0.2, 0) is 0 Å². The Kier molecular flexibility index (Phi) is 2.75. The Morgan fingerprint density at radius 1 is 1.21 bits per heavy atom. The second kappa shape index (κ2) is 4.75. The van der Waals surface area contributed by atoms with Gasteiger partial charge in [0.05, 0.1) is 11.7 Å². The highest BCUT2D eigenvalue weighted by Gasteiger charge is 2.57. The van der Waals surface area contributed by atoms with E-state index in [9.17, 15) is 4.39 Å². The van der Waals surface area contributed by atoms with Crippen molar-refractivity contribution in [3.8, 4) is 0 Å². The molecule has 1 saturated heterocycles. The number of rotatable bonds is 2. The van der Waals surface area contributed by atoms with Crippen molar-refractivity contribution in [1.82, 2.24) is 15.1 Å². The molecule has 0 bridgehead atoms. The molecule has 24 heavy (non-hydrogen) atoms. The molecule has 1 spiro atoms. The molecule has 1 aliphatic heterocycles. The van der Waals surface area contributed by atoms with E-state index < -0.39 is 0 Å². The van der Waals surface area contributed by atoms with Crippen LogP contribution in [0.3, 0.4) is 0 Å². The Hall–Kier alpha value is -2.50. The average molecular weight is 324 g/mol. The third-order valence-electron chi connectivity index (χ3n) is 5.61. The molecule has 0 N–H and O–H groups in total. The van der Waals surface area contributed by atoms with Gasteiger partial charge in [0, 0.05) is 12.0 Å². The highest BCUT2D eigenvalue weighted by molar-refractivity contribution is 5.88. The van der Waals surface area contributed by atoms with Crippen LogP contribution in [0.15, 0.2) is 35.1 Å². The second-order valence-corrected chi connectivity index (χ2v) is 6.94. The molecule has 6 heteroatoms. The molecule has 1 aliphatic carbocycles. The normalized spacial score (nSPS) is 21.8. The Balaban J connectivity index is 1.62. The predicted octanol–water partition coefficient (Wildman–Crippen LogP) is 3.80. The van der Waals surface area contributed by atoms with Crippen LogP contribution in [0.2, 0.25) is 0 Å². The lowest BCUT2D eigenvalue weighted by Crippen LogP contribution is -2.62. The fraction of sp³-hybridized carbons (Fsp3) is 0.389. The molecule has 1 aromatic carbocycles. The van der Waals surface area contributed by atoms with Crippen molar-refractivity contribution in [2.24, 2.45) is 5.41 Å². The maximum atomic E-state index is 13.3. The topological polar surface area (TPSA) is 55.1 Å². The minimum atomic E-state index is -0.202. The number of benzene rings is 1. The SMILES string of the molecule is Cc1noc2ncnc(N3CC4(CCC4)C3c3ccc(F)cc3)c12. The Labute approximate surface area is 138 Å². The first kappa shape index (κ1) is 13.9. The van der Waals surface area contributed by atoms with E-state index in [-0.39, 0.29) is 11.9 Å².